The topological polar surface area (TPSA) is 78.5 Å². The summed E-state index contributed by atoms with van der Waals surface area (Å²) in [6.07, 6.45) is 2.10. The third-order valence-corrected chi connectivity index (χ3v) is 6.69. The maximum absolute atomic E-state index is 12.8. The van der Waals surface area contributed by atoms with Crippen LogP contribution in [0, 0.1) is 5.92 Å². The van der Waals surface area contributed by atoms with Crippen molar-refractivity contribution in [1.29, 1.82) is 0 Å². The average Bonchev–Trinajstić information content (AvgIpc) is 3.21. The third-order valence-electron chi connectivity index (χ3n) is 4.90. The Hall–Kier alpha value is -2.38. The maximum atomic E-state index is 12.8. The molecule has 0 bridgehead atoms. The Labute approximate surface area is 160 Å². The Morgan fingerprint density at radius 2 is 1.85 bits per heavy atom. The maximum Gasteiger partial charge on any atom is 0.264 e. The molecular formula is C20H25N3O3S. The lowest BCUT2D eigenvalue weighted by Gasteiger charge is -2.19. The zero-order chi connectivity index (χ0) is 19.3. The minimum atomic E-state index is -3.67. The van der Waals surface area contributed by atoms with Crippen LogP contribution in [0.1, 0.15) is 23.2 Å². The molecule has 1 fully saturated rings. The van der Waals surface area contributed by atoms with Gasteiger partial charge in [-0.3, -0.25) is 9.10 Å². The van der Waals surface area contributed by atoms with Crippen molar-refractivity contribution in [1.82, 2.24) is 10.6 Å². The molecule has 1 atom stereocenters. The Morgan fingerprint density at radius 1 is 1.15 bits per heavy atom. The van der Waals surface area contributed by atoms with Gasteiger partial charge in [-0.2, -0.15) is 0 Å². The Bertz CT molecular complexity index is 861. The van der Waals surface area contributed by atoms with Gasteiger partial charge in [0.25, 0.3) is 15.9 Å². The van der Waals surface area contributed by atoms with Crippen LogP contribution in [0.25, 0.3) is 0 Å². The summed E-state index contributed by atoms with van der Waals surface area (Å²) < 4.78 is 26.7. The van der Waals surface area contributed by atoms with Gasteiger partial charge in [0.15, 0.2) is 0 Å². The van der Waals surface area contributed by atoms with Gasteiger partial charge < -0.3 is 10.6 Å². The van der Waals surface area contributed by atoms with E-state index >= 15 is 0 Å². The zero-order valence-electron chi connectivity index (χ0n) is 15.4. The van der Waals surface area contributed by atoms with E-state index in [0.29, 0.717) is 23.7 Å². The van der Waals surface area contributed by atoms with E-state index < -0.39 is 10.0 Å². The van der Waals surface area contributed by atoms with E-state index in [1.165, 1.54) is 23.5 Å². The molecule has 0 aliphatic carbocycles. The first-order valence-corrected chi connectivity index (χ1v) is 10.6. The number of carbonyl (C=O) groups excluding carboxylic acids is 1. The molecule has 6 nitrogen and oxygen atoms in total. The number of carbonyl (C=O) groups is 1. The number of benzene rings is 2. The fourth-order valence-corrected chi connectivity index (χ4v) is 4.36. The lowest BCUT2D eigenvalue weighted by molar-refractivity contribution is 0.0951. The molecule has 1 aliphatic heterocycles. The van der Waals surface area contributed by atoms with Crippen LogP contribution < -0.4 is 14.9 Å². The van der Waals surface area contributed by atoms with E-state index in [-0.39, 0.29) is 10.8 Å². The van der Waals surface area contributed by atoms with Gasteiger partial charge in [0.2, 0.25) is 0 Å². The van der Waals surface area contributed by atoms with E-state index in [1.54, 1.807) is 36.4 Å². The number of sulfonamides is 1. The number of anilines is 1. The monoisotopic (exact) mass is 387 g/mol. The van der Waals surface area contributed by atoms with Crippen LogP contribution >= 0.6 is 0 Å². The molecule has 3 rings (SSSR count). The van der Waals surface area contributed by atoms with Gasteiger partial charge in [-0.15, -0.1) is 0 Å². The quantitative estimate of drug-likeness (QED) is 0.764. The van der Waals surface area contributed by atoms with E-state index in [0.717, 1.165) is 25.9 Å². The average molecular weight is 388 g/mol. The van der Waals surface area contributed by atoms with Gasteiger partial charge in [-0.25, -0.2) is 8.42 Å². The van der Waals surface area contributed by atoms with Crippen molar-refractivity contribution in [2.24, 2.45) is 5.92 Å². The number of nitrogens with one attached hydrogen (secondary N) is 2. The standard InChI is InChI=1S/C20H25N3O3S/c1-23(18-5-3-2-4-6-18)27(25,26)19-9-7-17(8-10-19)20(24)22-14-12-16-11-13-21-15-16/h2-10,16,21H,11-15H2,1H3,(H,22,24). The summed E-state index contributed by atoms with van der Waals surface area (Å²) in [6.45, 7) is 2.69. The number of rotatable bonds is 7. The molecule has 7 heteroatoms. The molecule has 0 spiro atoms. The highest BCUT2D eigenvalue weighted by Gasteiger charge is 2.21. The zero-order valence-corrected chi connectivity index (χ0v) is 16.2. The van der Waals surface area contributed by atoms with Crippen LogP contribution in [-0.4, -0.2) is 41.0 Å². The van der Waals surface area contributed by atoms with Crippen LogP contribution in [0.3, 0.4) is 0 Å². The lowest BCUT2D eigenvalue weighted by atomic mass is 10.1. The highest BCUT2D eigenvalue weighted by atomic mass is 32.2. The molecule has 1 saturated heterocycles. The normalized spacial score (nSPS) is 16.9. The summed E-state index contributed by atoms with van der Waals surface area (Å²) in [5.41, 5.74) is 1.04. The van der Waals surface area contributed by atoms with Crippen molar-refractivity contribution in [3.63, 3.8) is 0 Å². The fourth-order valence-electron chi connectivity index (χ4n) is 3.17. The number of amides is 1. The molecule has 1 heterocycles. The summed E-state index contributed by atoms with van der Waals surface area (Å²) in [5, 5.41) is 6.22. The van der Waals surface area contributed by atoms with Gasteiger partial charge in [-0.1, -0.05) is 18.2 Å². The van der Waals surface area contributed by atoms with E-state index in [9.17, 15) is 13.2 Å². The predicted octanol–water partition coefficient (Wildman–Crippen LogP) is 2.24. The molecule has 2 aromatic carbocycles. The second-order valence-corrected chi connectivity index (χ2v) is 8.71. The number of nitrogens with zero attached hydrogens (tertiary/aromatic N) is 1. The molecular weight excluding hydrogens is 362 g/mol. The second-order valence-electron chi connectivity index (χ2n) is 6.74. The van der Waals surface area contributed by atoms with Crippen LogP contribution in [0.4, 0.5) is 5.69 Å². The summed E-state index contributed by atoms with van der Waals surface area (Å²) in [6, 6.07) is 14.9. The minimum absolute atomic E-state index is 0.155. The number of para-hydroxylation sites is 1. The lowest BCUT2D eigenvalue weighted by Crippen LogP contribution is -2.27. The number of hydrogen-bond acceptors (Lipinski definition) is 4. The first-order valence-electron chi connectivity index (χ1n) is 9.11. The molecule has 1 aliphatic rings. The molecule has 27 heavy (non-hydrogen) atoms. The van der Waals surface area contributed by atoms with Crippen molar-refractivity contribution in [3.05, 3.63) is 60.2 Å². The molecule has 0 aromatic heterocycles. The van der Waals surface area contributed by atoms with Gasteiger partial charge in [0, 0.05) is 19.2 Å². The van der Waals surface area contributed by atoms with Gasteiger partial charge in [-0.05, 0) is 68.2 Å². The van der Waals surface area contributed by atoms with Crippen molar-refractivity contribution in [3.8, 4) is 0 Å². The van der Waals surface area contributed by atoms with Crippen LogP contribution in [0.5, 0.6) is 0 Å². The van der Waals surface area contributed by atoms with E-state index in [1.807, 2.05) is 6.07 Å². The summed E-state index contributed by atoms with van der Waals surface area (Å²) >= 11 is 0. The van der Waals surface area contributed by atoms with Crippen molar-refractivity contribution < 1.29 is 13.2 Å². The van der Waals surface area contributed by atoms with Crippen LogP contribution in [0.15, 0.2) is 59.5 Å². The van der Waals surface area contributed by atoms with E-state index in [2.05, 4.69) is 10.6 Å². The van der Waals surface area contributed by atoms with Gasteiger partial charge in [0.05, 0.1) is 10.6 Å². The fraction of sp³-hybridized carbons (Fsp3) is 0.350. The van der Waals surface area contributed by atoms with Crippen molar-refractivity contribution in [2.45, 2.75) is 17.7 Å². The third kappa shape index (κ3) is 4.67. The van der Waals surface area contributed by atoms with Crippen LogP contribution in [0.2, 0.25) is 0 Å². The predicted molar refractivity (Wildman–Crippen MR) is 106 cm³/mol. The molecule has 1 amide bonds. The molecule has 2 aromatic rings. The van der Waals surface area contributed by atoms with E-state index in [4.69, 9.17) is 0 Å². The van der Waals surface area contributed by atoms with Gasteiger partial charge in [0.1, 0.15) is 0 Å². The smallest absolute Gasteiger partial charge is 0.264 e. The first kappa shape index (κ1) is 19.4. The van der Waals surface area contributed by atoms with Crippen LogP contribution in [-0.2, 0) is 10.0 Å². The highest BCUT2D eigenvalue weighted by molar-refractivity contribution is 7.92. The minimum Gasteiger partial charge on any atom is -0.352 e. The van der Waals surface area contributed by atoms with Crippen molar-refractivity contribution in [2.75, 3.05) is 31.0 Å². The SMILES string of the molecule is CN(c1ccccc1)S(=O)(=O)c1ccc(C(=O)NCCC2CCNC2)cc1. The van der Waals surface area contributed by atoms with Gasteiger partial charge >= 0.3 is 0 Å². The Kier molecular flexibility index (Phi) is 6.13. The molecule has 2 N–H and O–H groups in total. The Balaban J connectivity index is 1.62. The summed E-state index contributed by atoms with van der Waals surface area (Å²) in [7, 11) is -2.15. The highest BCUT2D eigenvalue weighted by Crippen LogP contribution is 2.22. The molecule has 0 radical (unpaired) electrons. The molecule has 1 unspecified atom stereocenters. The molecule has 144 valence electrons. The summed E-state index contributed by atoms with van der Waals surface area (Å²) in [4.78, 5) is 12.4. The summed E-state index contributed by atoms with van der Waals surface area (Å²) in [5.74, 6) is 0.438. The second kappa shape index (κ2) is 8.54. The number of hydrogen-bond donors (Lipinski definition) is 2. The Morgan fingerprint density at radius 3 is 2.48 bits per heavy atom. The van der Waals surface area contributed by atoms with Crippen molar-refractivity contribution >= 4 is 21.6 Å². The first-order chi connectivity index (χ1) is 13.0. The largest absolute Gasteiger partial charge is 0.352 e. The molecule has 0 saturated carbocycles.